The first-order valence-corrected chi connectivity index (χ1v) is 9.10. The van der Waals surface area contributed by atoms with E-state index < -0.39 is 5.60 Å². The Balaban J connectivity index is 1.46. The molecule has 2 N–H and O–H groups in total. The van der Waals surface area contributed by atoms with Crippen molar-refractivity contribution < 1.29 is 14.6 Å². The van der Waals surface area contributed by atoms with Crippen LogP contribution in [-0.2, 0) is 11.3 Å². The minimum absolute atomic E-state index is 0.146. The van der Waals surface area contributed by atoms with E-state index in [0.29, 0.717) is 41.6 Å². The molecule has 6 nitrogen and oxygen atoms in total. The van der Waals surface area contributed by atoms with Crippen LogP contribution in [0.1, 0.15) is 42.5 Å². The van der Waals surface area contributed by atoms with Gasteiger partial charge in [-0.15, -0.1) is 0 Å². The highest BCUT2D eigenvalue weighted by atomic mass is 35.5. The first-order chi connectivity index (χ1) is 11.5. The molecule has 2 unspecified atom stereocenters. The van der Waals surface area contributed by atoms with Crippen molar-refractivity contribution in [1.29, 1.82) is 0 Å². The standard InChI is InChI=1S/C17H24ClN3O3/c1-24-3-2-21-15(18)13(9-19-21)16(22)20-14-11-4-10-5-12(14)8-17(23,6-10)7-11/h9-12,14,23H,2-8H2,1H3,(H,20,22). The van der Waals surface area contributed by atoms with E-state index in [1.807, 2.05) is 0 Å². The third-order valence-electron chi connectivity index (χ3n) is 6.07. The summed E-state index contributed by atoms with van der Waals surface area (Å²) in [5.74, 6) is 1.23. The monoisotopic (exact) mass is 353 g/mol. The third kappa shape index (κ3) is 2.74. The summed E-state index contributed by atoms with van der Waals surface area (Å²) in [5, 5.41) is 18.4. The zero-order valence-electron chi connectivity index (χ0n) is 13.9. The van der Waals surface area contributed by atoms with Gasteiger partial charge < -0.3 is 15.2 Å². The number of carbonyl (C=O) groups excluding carboxylic acids is 1. The maximum Gasteiger partial charge on any atom is 0.256 e. The zero-order chi connectivity index (χ0) is 16.9. The number of methoxy groups -OCH3 is 1. The largest absolute Gasteiger partial charge is 0.390 e. The number of nitrogens with zero attached hydrogens (tertiary/aromatic N) is 2. The van der Waals surface area contributed by atoms with Gasteiger partial charge in [-0.3, -0.25) is 9.48 Å². The van der Waals surface area contributed by atoms with Gasteiger partial charge in [0.05, 0.1) is 30.5 Å². The normalized spacial score (nSPS) is 37.0. The number of amides is 1. The summed E-state index contributed by atoms with van der Waals surface area (Å²) >= 11 is 6.29. The summed E-state index contributed by atoms with van der Waals surface area (Å²) < 4.78 is 6.61. The number of hydrogen-bond acceptors (Lipinski definition) is 4. The molecule has 4 aliphatic carbocycles. The van der Waals surface area contributed by atoms with Crippen LogP contribution >= 0.6 is 11.6 Å². The van der Waals surface area contributed by atoms with Gasteiger partial charge in [0.25, 0.3) is 5.91 Å². The molecule has 4 aliphatic rings. The number of ether oxygens (including phenoxy) is 1. The van der Waals surface area contributed by atoms with Gasteiger partial charge in [0.2, 0.25) is 0 Å². The minimum Gasteiger partial charge on any atom is -0.390 e. The van der Waals surface area contributed by atoms with Crippen LogP contribution in [0.3, 0.4) is 0 Å². The molecule has 4 saturated carbocycles. The number of hydrogen-bond donors (Lipinski definition) is 2. The summed E-state index contributed by atoms with van der Waals surface area (Å²) in [4.78, 5) is 12.7. The van der Waals surface area contributed by atoms with Gasteiger partial charge in [0.15, 0.2) is 0 Å². The Morgan fingerprint density at radius 2 is 2.17 bits per heavy atom. The predicted octanol–water partition coefficient (Wildman–Crippen LogP) is 1.85. The maximum atomic E-state index is 12.7. The van der Waals surface area contributed by atoms with E-state index in [4.69, 9.17) is 16.3 Å². The lowest BCUT2D eigenvalue weighted by Gasteiger charge is -2.58. The van der Waals surface area contributed by atoms with Crippen LogP contribution in [0.2, 0.25) is 5.15 Å². The van der Waals surface area contributed by atoms with Crippen molar-refractivity contribution in [2.45, 2.75) is 50.3 Å². The fourth-order valence-electron chi connectivity index (χ4n) is 5.30. The molecule has 24 heavy (non-hydrogen) atoms. The number of carbonyl (C=O) groups is 1. The second kappa shape index (κ2) is 6.00. The Kier molecular flexibility index (Phi) is 4.09. The minimum atomic E-state index is -0.486. The topological polar surface area (TPSA) is 76.4 Å². The van der Waals surface area contributed by atoms with Gasteiger partial charge in [-0.25, -0.2) is 0 Å². The van der Waals surface area contributed by atoms with Crippen LogP contribution in [0.5, 0.6) is 0 Å². The van der Waals surface area contributed by atoms with E-state index in [1.165, 1.54) is 6.20 Å². The molecule has 0 aromatic carbocycles. The SMILES string of the molecule is COCCn1ncc(C(=O)NC2C3CC4CC2CC(O)(C4)C3)c1Cl. The van der Waals surface area contributed by atoms with Gasteiger partial charge >= 0.3 is 0 Å². The Bertz CT molecular complexity index is 631. The number of aromatic nitrogens is 2. The molecular weight excluding hydrogens is 330 g/mol. The van der Waals surface area contributed by atoms with Crippen molar-refractivity contribution in [1.82, 2.24) is 15.1 Å². The average Bonchev–Trinajstić information content (AvgIpc) is 2.88. The summed E-state index contributed by atoms with van der Waals surface area (Å²) in [5.41, 5.74) is -0.0688. The Morgan fingerprint density at radius 3 is 2.79 bits per heavy atom. The van der Waals surface area contributed by atoms with Gasteiger partial charge in [-0.2, -0.15) is 5.10 Å². The summed E-state index contributed by atoms with van der Waals surface area (Å²) in [6, 6.07) is 0.146. The van der Waals surface area contributed by atoms with Crippen molar-refractivity contribution in [3.8, 4) is 0 Å². The molecular formula is C17H24ClN3O3. The van der Waals surface area contributed by atoms with Crippen molar-refractivity contribution >= 4 is 17.5 Å². The van der Waals surface area contributed by atoms with Crippen LogP contribution < -0.4 is 5.32 Å². The highest BCUT2D eigenvalue weighted by Gasteiger charge is 2.55. The maximum absolute atomic E-state index is 12.7. The molecule has 5 rings (SSSR count). The molecule has 1 aromatic rings. The van der Waals surface area contributed by atoms with Crippen molar-refractivity contribution in [3.05, 3.63) is 16.9 Å². The highest BCUT2D eigenvalue weighted by molar-refractivity contribution is 6.32. The van der Waals surface area contributed by atoms with E-state index >= 15 is 0 Å². The fraction of sp³-hybridized carbons (Fsp3) is 0.765. The van der Waals surface area contributed by atoms with Crippen molar-refractivity contribution in [3.63, 3.8) is 0 Å². The van der Waals surface area contributed by atoms with Gasteiger partial charge in [0, 0.05) is 13.2 Å². The molecule has 4 fully saturated rings. The third-order valence-corrected chi connectivity index (χ3v) is 6.46. The molecule has 1 heterocycles. The first kappa shape index (κ1) is 16.4. The van der Waals surface area contributed by atoms with Gasteiger partial charge in [-0.05, 0) is 49.9 Å². The number of nitrogens with one attached hydrogen (secondary N) is 1. The molecule has 0 saturated heterocycles. The lowest BCUT2D eigenvalue weighted by atomic mass is 9.52. The number of rotatable bonds is 5. The quantitative estimate of drug-likeness (QED) is 0.847. The molecule has 7 heteroatoms. The molecule has 0 spiro atoms. The van der Waals surface area contributed by atoms with E-state index in [1.54, 1.807) is 11.8 Å². The molecule has 0 radical (unpaired) electrons. The second-order valence-electron chi connectivity index (χ2n) is 7.76. The van der Waals surface area contributed by atoms with Crippen LogP contribution in [0, 0.1) is 17.8 Å². The van der Waals surface area contributed by atoms with Crippen LogP contribution in [0.15, 0.2) is 6.20 Å². The molecule has 0 aliphatic heterocycles. The predicted molar refractivity (Wildman–Crippen MR) is 88.9 cm³/mol. The number of aliphatic hydroxyl groups is 1. The van der Waals surface area contributed by atoms with Gasteiger partial charge in [-0.1, -0.05) is 11.6 Å². The molecule has 1 amide bonds. The fourth-order valence-corrected chi connectivity index (χ4v) is 5.57. The Morgan fingerprint density at radius 1 is 1.46 bits per heavy atom. The lowest BCUT2D eigenvalue weighted by molar-refractivity contribution is -0.136. The molecule has 132 valence electrons. The average molecular weight is 354 g/mol. The van der Waals surface area contributed by atoms with E-state index in [0.717, 1.165) is 32.1 Å². The van der Waals surface area contributed by atoms with E-state index in [9.17, 15) is 9.90 Å². The van der Waals surface area contributed by atoms with Gasteiger partial charge in [0.1, 0.15) is 5.15 Å². The van der Waals surface area contributed by atoms with Crippen molar-refractivity contribution in [2.24, 2.45) is 17.8 Å². The molecule has 4 bridgehead atoms. The van der Waals surface area contributed by atoms with E-state index in [2.05, 4.69) is 10.4 Å². The first-order valence-electron chi connectivity index (χ1n) is 8.72. The van der Waals surface area contributed by atoms with Crippen LogP contribution in [-0.4, -0.2) is 46.2 Å². The smallest absolute Gasteiger partial charge is 0.256 e. The molecule has 2 atom stereocenters. The van der Waals surface area contributed by atoms with Crippen LogP contribution in [0.4, 0.5) is 0 Å². The van der Waals surface area contributed by atoms with E-state index in [-0.39, 0.29) is 11.9 Å². The molecule has 1 aromatic heterocycles. The lowest BCUT2D eigenvalue weighted by Crippen LogP contribution is -2.61. The zero-order valence-corrected chi connectivity index (χ0v) is 14.6. The second-order valence-corrected chi connectivity index (χ2v) is 8.12. The summed E-state index contributed by atoms with van der Waals surface area (Å²) in [7, 11) is 1.62. The summed E-state index contributed by atoms with van der Waals surface area (Å²) in [6.07, 6.45) is 6.32. The Labute approximate surface area is 146 Å². The van der Waals surface area contributed by atoms with Crippen molar-refractivity contribution in [2.75, 3.05) is 13.7 Å². The Hall–Kier alpha value is -1.11. The summed E-state index contributed by atoms with van der Waals surface area (Å²) in [6.45, 7) is 1.02. The van der Waals surface area contributed by atoms with Crippen LogP contribution in [0.25, 0.3) is 0 Å². The number of halogens is 1. The highest BCUT2D eigenvalue weighted by Crippen LogP contribution is 2.55.